The van der Waals surface area contributed by atoms with E-state index in [4.69, 9.17) is 5.26 Å². The van der Waals surface area contributed by atoms with Crippen molar-refractivity contribution < 1.29 is 0 Å². The van der Waals surface area contributed by atoms with Crippen LogP contribution in [0.15, 0.2) is 24.3 Å². The van der Waals surface area contributed by atoms with Gasteiger partial charge < -0.3 is 4.90 Å². The second kappa shape index (κ2) is 5.29. The highest BCUT2D eigenvalue weighted by Gasteiger charge is 1.99. The zero-order valence-corrected chi connectivity index (χ0v) is 8.83. The van der Waals surface area contributed by atoms with Gasteiger partial charge in [-0.05, 0) is 31.0 Å². The minimum atomic E-state index is 0.635. The monoisotopic (exact) mass is 188 g/mol. The summed E-state index contributed by atoms with van der Waals surface area (Å²) in [5.41, 5.74) is 2.50. The fourth-order valence-electron chi connectivity index (χ4n) is 1.39. The fraction of sp³-hybridized carbons (Fsp3) is 0.417. The Hall–Kier alpha value is -1.49. The van der Waals surface area contributed by atoms with Crippen molar-refractivity contribution in [2.24, 2.45) is 0 Å². The summed E-state index contributed by atoms with van der Waals surface area (Å²) in [6.07, 6.45) is 1.57. The fourth-order valence-corrected chi connectivity index (χ4v) is 1.39. The van der Waals surface area contributed by atoms with E-state index in [-0.39, 0.29) is 0 Å². The van der Waals surface area contributed by atoms with Gasteiger partial charge in [-0.15, -0.1) is 0 Å². The molecule has 0 aliphatic heterocycles. The summed E-state index contributed by atoms with van der Waals surface area (Å²) < 4.78 is 0. The molecule has 2 nitrogen and oxygen atoms in total. The van der Waals surface area contributed by atoms with E-state index in [2.05, 4.69) is 49.2 Å². The lowest BCUT2D eigenvalue weighted by Crippen LogP contribution is -2.18. The molecule has 0 radical (unpaired) electrons. The number of nitrogens with zero attached hydrogens (tertiary/aromatic N) is 2. The molecule has 0 amide bonds. The van der Waals surface area contributed by atoms with Crippen molar-refractivity contribution in [1.82, 2.24) is 0 Å². The summed E-state index contributed by atoms with van der Waals surface area (Å²) >= 11 is 0. The predicted molar refractivity (Wildman–Crippen MR) is 59.3 cm³/mol. The SMILES string of the molecule is Cc1cccc(N(C)CCCC#N)c1. The van der Waals surface area contributed by atoms with Crippen molar-refractivity contribution in [1.29, 1.82) is 5.26 Å². The minimum Gasteiger partial charge on any atom is -0.375 e. The van der Waals surface area contributed by atoms with Crippen LogP contribution in [0.1, 0.15) is 18.4 Å². The largest absolute Gasteiger partial charge is 0.375 e. The topological polar surface area (TPSA) is 27.0 Å². The van der Waals surface area contributed by atoms with E-state index in [1.54, 1.807) is 0 Å². The van der Waals surface area contributed by atoms with E-state index < -0.39 is 0 Å². The van der Waals surface area contributed by atoms with Crippen LogP contribution in [0.2, 0.25) is 0 Å². The van der Waals surface area contributed by atoms with Crippen LogP contribution in [-0.2, 0) is 0 Å². The van der Waals surface area contributed by atoms with Crippen molar-refractivity contribution >= 4 is 5.69 Å². The number of nitriles is 1. The van der Waals surface area contributed by atoms with Gasteiger partial charge >= 0.3 is 0 Å². The van der Waals surface area contributed by atoms with Crippen LogP contribution >= 0.6 is 0 Å². The maximum atomic E-state index is 8.43. The van der Waals surface area contributed by atoms with Crippen molar-refractivity contribution in [3.8, 4) is 6.07 Å². The van der Waals surface area contributed by atoms with Gasteiger partial charge in [0.25, 0.3) is 0 Å². The van der Waals surface area contributed by atoms with Gasteiger partial charge in [-0.2, -0.15) is 5.26 Å². The third-order valence-electron chi connectivity index (χ3n) is 2.22. The molecule has 1 rings (SSSR count). The maximum Gasteiger partial charge on any atom is 0.0622 e. The van der Waals surface area contributed by atoms with E-state index in [1.165, 1.54) is 11.3 Å². The van der Waals surface area contributed by atoms with Gasteiger partial charge in [0.1, 0.15) is 0 Å². The average molecular weight is 188 g/mol. The highest BCUT2D eigenvalue weighted by atomic mass is 15.1. The molecule has 0 spiro atoms. The molecule has 0 N–H and O–H groups in total. The second-order valence-corrected chi connectivity index (χ2v) is 3.52. The molecule has 2 heteroatoms. The van der Waals surface area contributed by atoms with E-state index in [0.29, 0.717) is 6.42 Å². The summed E-state index contributed by atoms with van der Waals surface area (Å²) in [6.45, 7) is 3.03. The Bertz CT molecular complexity index is 325. The Morgan fingerprint density at radius 1 is 1.43 bits per heavy atom. The molecule has 0 saturated heterocycles. The number of unbranched alkanes of at least 4 members (excludes halogenated alkanes) is 1. The Morgan fingerprint density at radius 2 is 2.21 bits per heavy atom. The molecule has 1 aromatic carbocycles. The molecule has 0 bridgehead atoms. The zero-order valence-electron chi connectivity index (χ0n) is 8.83. The summed E-state index contributed by atoms with van der Waals surface area (Å²) in [4.78, 5) is 2.18. The molecule has 74 valence electrons. The van der Waals surface area contributed by atoms with E-state index in [9.17, 15) is 0 Å². The van der Waals surface area contributed by atoms with Crippen molar-refractivity contribution in [3.05, 3.63) is 29.8 Å². The van der Waals surface area contributed by atoms with Gasteiger partial charge in [-0.3, -0.25) is 0 Å². The average Bonchev–Trinajstić information content (AvgIpc) is 2.18. The van der Waals surface area contributed by atoms with Crippen molar-refractivity contribution in [3.63, 3.8) is 0 Å². The highest BCUT2D eigenvalue weighted by Crippen LogP contribution is 2.14. The lowest BCUT2D eigenvalue weighted by Gasteiger charge is -2.18. The molecular weight excluding hydrogens is 172 g/mol. The van der Waals surface area contributed by atoms with Crippen LogP contribution in [0, 0.1) is 18.3 Å². The lowest BCUT2D eigenvalue weighted by atomic mass is 10.2. The Morgan fingerprint density at radius 3 is 2.86 bits per heavy atom. The molecule has 1 aromatic rings. The summed E-state index contributed by atoms with van der Waals surface area (Å²) in [5.74, 6) is 0. The zero-order chi connectivity index (χ0) is 10.4. The van der Waals surface area contributed by atoms with E-state index >= 15 is 0 Å². The van der Waals surface area contributed by atoms with Gasteiger partial charge in [0.05, 0.1) is 6.07 Å². The number of aryl methyl sites for hydroxylation is 1. The number of rotatable bonds is 4. The number of hydrogen-bond donors (Lipinski definition) is 0. The van der Waals surface area contributed by atoms with Gasteiger partial charge in [-0.1, -0.05) is 12.1 Å². The number of hydrogen-bond acceptors (Lipinski definition) is 2. The molecule has 0 aromatic heterocycles. The number of anilines is 1. The van der Waals surface area contributed by atoms with Crippen molar-refractivity contribution in [2.45, 2.75) is 19.8 Å². The molecule has 0 atom stereocenters. The first-order valence-corrected chi connectivity index (χ1v) is 4.89. The smallest absolute Gasteiger partial charge is 0.0622 e. The minimum absolute atomic E-state index is 0.635. The van der Waals surface area contributed by atoms with Crippen molar-refractivity contribution in [2.75, 3.05) is 18.5 Å². The predicted octanol–water partition coefficient (Wildman–Crippen LogP) is 2.74. The van der Waals surface area contributed by atoms with Gasteiger partial charge in [-0.25, -0.2) is 0 Å². The normalized spacial score (nSPS) is 9.50. The van der Waals surface area contributed by atoms with E-state index in [1.807, 2.05) is 0 Å². The Balaban J connectivity index is 2.52. The second-order valence-electron chi connectivity index (χ2n) is 3.52. The van der Waals surface area contributed by atoms with Gasteiger partial charge in [0, 0.05) is 25.7 Å². The van der Waals surface area contributed by atoms with E-state index in [0.717, 1.165) is 13.0 Å². The van der Waals surface area contributed by atoms with Gasteiger partial charge in [0.2, 0.25) is 0 Å². The van der Waals surface area contributed by atoms with Crippen LogP contribution in [0.3, 0.4) is 0 Å². The van der Waals surface area contributed by atoms with Crippen LogP contribution < -0.4 is 4.90 Å². The quantitative estimate of drug-likeness (QED) is 0.679. The third kappa shape index (κ3) is 3.10. The molecule has 0 heterocycles. The lowest BCUT2D eigenvalue weighted by molar-refractivity contribution is 0.806. The Kier molecular flexibility index (Phi) is 4.00. The maximum absolute atomic E-state index is 8.43. The highest BCUT2D eigenvalue weighted by molar-refractivity contribution is 5.47. The first-order chi connectivity index (χ1) is 6.74. The Labute approximate surface area is 85.8 Å². The van der Waals surface area contributed by atoms with Crippen LogP contribution in [0.4, 0.5) is 5.69 Å². The number of benzene rings is 1. The molecule has 0 fully saturated rings. The summed E-state index contributed by atoms with van der Waals surface area (Å²) in [5, 5.41) is 8.43. The van der Waals surface area contributed by atoms with Crippen LogP contribution in [-0.4, -0.2) is 13.6 Å². The van der Waals surface area contributed by atoms with Crippen LogP contribution in [0.25, 0.3) is 0 Å². The molecule has 14 heavy (non-hydrogen) atoms. The standard InChI is InChI=1S/C12H16N2/c1-11-6-5-7-12(10-11)14(2)9-4-3-8-13/h5-7,10H,3-4,9H2,1-2H3. The third-order valence-corrected chi connectivity index (χ3v) is 2.22. The molecule has 0 unspecified atom stereocenters. The molecule has 0 saturated carbocycles. The van der Waals surface area contributed by atoms with Crippen LogP contribution in [0.5, 0.6) is 0 Å². The molecular formula is C12H16N2. The summed E-state index contributed by atoms with van der Waals surface area (Å²) in [7, 11) is 2.06. The first-order valence-electron chi connectivity index (χ1n) is 4.89. The summed E-state index contributed by atoms with van der Waals surface area (Å²) in [6, 6.07) is 10.6. The molecule has 0 aliphatic carbocycles. The van der Waals surface area contributed by atoms with Gasteiger partial charge in [0.15, 0.2) is 0 Å². The first kappa shape index (κ1) is 10.6. The molecule has 0 aliphatic rings.